The summed E-state index contributed by atoms with van der Waals surface area (Å²) in [5.41, 5.74) is -0.250. The Balaban J connectivity index is 2.54. The van der Waals surface area contributed by atoms with Crippen molar-refractivity contribution in [3.05, 3.63) is 16.6 Å². The molecular formula is C10H17N3OS. The van der Waals surface area contributed by atoms with Gasteiger partial charge in [0.25, 0.3) is 0 Å². The number of nitrogens with zero attached hydrogens (tertiary/aromatic N) is 2. The molecule has 5 heteroatoms. The number of thiazole rings is 1. The Labute approximate surface area is 94.3 Å². The van der Waals surface area contributed by atoms with Crippen molar-refractivity contribution in [1.29, 1.82) is 0 Å². The summed E-state index contributed by atoms with van der Waals surface area (Å²) in [5.74, 6) is 0.0691. The maximum Gasteiger partial charge on any atom is 0.236 e. The molecule has 1 aromatic rings. The lowest BCUT2D eigenvalue weighted by Crippen LogP contribution is -2.43. The van der Waals surface area contributed by atoms with E-state index in [0.717, 1.165) is 5.01 Å². The molecule has 0 aliphatic rings. The van der Waals surface area contributed by atoms with Crippen molar-refractivity contribution in [2.45, 2.75) is 19.4 Å². The van der Waals surface area contributed by atoms with Gasteiger partial charge in [0.15, 0.2) is 0 Å². The van der Waals surface area contributed by atoms with Gasteiger partial charge in [0, 0.05) is 25.7 Å². The summed E-state index contributed by atoms with van der Waals surface area (Å²) in [6, 6.07) is 0. The lowest BCUT2D eigenvalue weighted by Gasteiger charge is -2.24. The molecule has 1 N–H and O–H groups in total. The number of hydrogen-bond acceptors (Lipinski definition) is 4. The van der Waals surface area contributed by atoms with Gasteiger partial charge in [-0.3, -0.25) is 10.1 Å². The van der Waals surface area contributed by atoms with Gasteiger partial charge in [-0.05, 0) is 13.8 Å². The van der Waals surface area contributed by atoms with Crippen LogP contribution in [-0.2, 0) is 10.3 Å². The van der Waals surface area contributed by atoms with Gasteiger partial charge >= 0.3 is 0 Å². The van der Waals surface area contributed by atoms with Gasteiger partial charge in [0.1, 0.15) is 5.01 Å². The van der Waals surface area contributed by atoms with Gasteiger partial charge in [0.2, 0.25) is 5.91 Å². The number of aromatic nitrogens is 1. The van der Waals surface area contributed by atoms with E-state index in [1.807, 2.05) is 19.2 Å². The molecule has 1 amide bonds. The molecule has 0 radical (unpaired) electrons. The van der Waals surface area contributed by atoms with E-state index in [0.29, 0.717) is 6.54 Å². The Kier molecular flexibility index (Phi) is 3.82. The fourth-order valence-electron chi connectivity index (χ4n) is 1.06. The van der Waals surface area contributed by atoms with Crippen molar-refractivity contribution in [2.75, 3.05) is 20.6 Å². The van der Waals surface area contributed by atoms with Gasteiger partial charge in [-0.25, -0.2) is 4.98 Å². The Hall–Kier alpha value is -0.940. The first-order valence-electron chi connectivity index (χ1n) is 4.78. The lowest BCUT2D eigenvalue weighted by atomic mass is 10.1. The van der Waals surface area contributed by atoms with Gasteiger partial charge < -0.3 is 4.90 Å². The van der Waals surface area contributed by atoms with Gasteiger partial charge in [-0.15, -0.1) is 11.3 Å². The zero-order valence-corrected chi connectivity index (χ0v) is 10.4. The molecule has 0 atom stereocenters. The minimum atomic E-state index is -0.250. The number of likely N-dealkylation sites (N-methyl/N-ethyl adjacent to an activating group) is 1. The molecule has 0 aliphatic heterocycles. The summed E-state index contributed by atoms with van der Waals surface area (Å²) in [7, 11) is 3.50. The standard InChI is InChI=1S/C10H17N3OS/c1-10(2,9-11-5-6-15-9)12-7-8(14)13(3)4/h5-6,12H,7H2,1-4H3. The summed E-state index contributed by atoms with van der Waals surface area (Å²) in [6.45, 7) is 4.38. The number of carbonyl (C=O) groups excluding carboxylic acids is 1. The maximum atomic E-state index is 11.4. The molecule has 4 nitrogen and oxygen atoms in total. The maximum absolute atomic E-state index is 11.4. The Bertz CT molecular complexity index is 319. The fourth-order valence-corrected chi connectivity index (χ4v) is 1.80. The number of hydrogen-bond donors (Lipinski definition) is 1. The van der Waals surface area contributed by atoms with Crippen LogP contribution >= 0.6 is 11.3 Å². The van der Waals surface area contributed by atoms with Crippen LogP contribution in [-0.4, -0.2) is 36.4 Å². The normalized spacial score (nSPS) is 11.5. The van der Waals surface area contributed by atoms with E-state index in [1.165, 1.54) is 0 Å². The molecule has 1 heterocycles. The fraction of sp³-hybridized carbons (Fsp3) is 0.600. The second kappa shape index (κ2) is 4.72. The van der Waals surface area contributed by atoms with Crippen molar-refractivity contribution >= 4 is 17.2 Å². The topological polar surface area (TPSA) is 45.2 Å². The van der Waals surface area contributed by atoms with Crippen LogP contribution in [0.1, 0.15) is 18.9 Å². The number of nitrogens with one attached hydrogen (secondary N) is 1. The largest absolute Gasteiger partial charge is 0.348 e. The summed E-state index contributed by atoms with van der Waals surface area (Å²) >= 11 is 1.59. The molecule has 84 valence electrons. The average molecular weight is 227 g/mol. The Morgan fingerprint density at radius 2 is 2.27 bits per heavy atom. The molecule has 0 bridgehead atoms. The van der Waals surface area contributed by atoms with Crippen molar-refractivity contribution in [3.63, 3.8) is 0 Å². The van der Waals surface area contributed by atoms with Crippen LogP contribution in [0.4, 0.5) is 0 Å². The molecular weight excluding hydrogens is 210 g/mol. The van der Waals surface area contributed by atoms with Crippen LogP contribution < -0.4 is 5.32 Å². The third-order valence-corrected chi connectivity index (χ3v) is 3.24. The summed E-state index contributed by atoms with van der Waals surface area (Å²) < 4.78 is 0. The highest BCUT2D eigenvalue weighted by Gasteiger charge is 2.23. The minimum absolute atomic E-state index is 0.0691. The molecule has 1 rings (SSSR count). The highest BCUT2D eigenvalue weighted by molar-refractivity contribution is 7.09. The molecule has 0 saturated heterocycles. The Morgan fingerprint density at radius 1 is 1.60 bits per heavy atom. The van der Waals surface area contributed by atoms with E-state index >= 15 is 0 Å². The van der Waals surface area contributed by atoms with Crippen molar-refractivity contribution < 1.29 is 4.79 Å². The van der Waals surface area contributed by atoms with Crippen LogP contribution in [0, 0.1) is 0 Å². The zero-order valence-electron chi connectivity index (χ0n) is 9.57. The minimum Gasteiger partial charge on any atom is -0.348 e. The Morgan fingerprint density at radius 3 is 2.73 bits per heavy atom. The monoisotopic (exact) mass is 227 g/mol. The molecule has 0 fully saturated rings. The molecule has 15 heavy (non-hydrogen) atoms. The first-order valence-corrected chi connectivity index (χ1v) is 5.66. The van der Waals surface area contributed by atoms with E-state index in [4.69, 9.17) is 0 Å². The van der Waals surface area contributed by atoms with Gasteiger partial charge in [-0.1, -0.05) is 0 Å². The van der Waals surface area contributed by atoms with Gasteiger partial charge in [0.05, 0.1) is 12.1 Å². The quantitative estimate of drug-likeness (QED) is 0.836. The molecule has 0 saturated carbocycles. The lowest BCUT2D eigenvalue weighted by molar-refractivity contribution is -0.128. The van der Waals surface area contributed by atoms with Crippen LogP contribution in [0.15, 0.2) is 11.6 Å². The molecule has 0 unspecified atom stereocenters. The summed E-state index contributed by atoms with van der Waals surface area (Å²) in [4.78, 5) is 17.2. The van der Waals surface area contributed by atoms with Crippen LogP contribution in [0.3, 0.4) is 0 Å². The summed E-state index contributed by atoms with van der Waals surface area (Å²) in [5, 5.41) is 6.13. The third kappa shape index (κ3) is 3.28. The van der Waals surface area contributed by atoms with Crippen molar-refractivity contribution in [2.24, 2.45) is 0 Å². The summed E-state index contributed by atoms with van der Waals surface area (Å²) in [6.07, 6.45) is 1.77. The molecule has 1 aromatic heterocycles. The first kappa shape index (κ1) is 12.1. The van der Waals surface area contributed by atoms with Crippen molar-refractivity contribution in [3.8, 4) is 0 Å². The van der Waals surface area contributed by atoms with E-state index < -0.39 is 0 Å². The van der Waals surface area contributed by atoms with Crippen LogP contribution in [0.2, 0.25) is 0 Å². The number of rotatable bonds is 4. The average Bonchev–Trinajstić information content (AvgIpc) is 2.67. The second-order valence-corrected chi connectivity index (χ2v) is 5.00. The van der Waals surface area contributed by atoms with Gasteiger partial charge in [-0.2, -0.15) is 0 Å². The highest BCUT2D eigenvalue weighted by atomic mass is 32.1. The van der Waals surface area contributed by atoms with Crippen LogP contribution in [0.25, 0.3) is 0 Å². The number of carbonyl (C=O) groups is 1. The molecule has 0 aliphatic carbocycles. The van der Waals surface area contributed by atoms with Crippen LogP contribution in [0.5, 0.6) is 0 Å². The van der Waals surface area contributed by atoms with E-state index in [1.54, 1.807) is 36.5 Å². The predicted molar refractivity (Wildman–Crippen MR) is 61.8 cm³/mol. The van der Waals surface area contributed by atoms with E-state index in [-0.39, 0.29) is 11.4 Å². The van der Waals surface area contributed by atoms with Crippen molar-refractivity contribution in [1.82, 2.24) is 15.2 Å². The highest BCUT2D eigenvalue weighted by Crippen LogP contribution is 2.21. The predicted octanol–water partition coefficient (Wildman–Crippen LogP) is 1.06. The SMILES string of the molecule is CN(C)C(=O)CNC(C)(C)c1nccs1. The third-order valence-electron chi connectivity index (χ3n) is 2.15. The van der Waals surface area contributed by atoms with E-state index in [9.17, 15) is 4.79 Å². The first-order chi connectivity index (χ1) is 6.93. The smallest absolute Gasteiger partial charge is 0.236 e. The molecule has 0 aromatic carbocycles. The second-order valence-electron chi connectivity index (χ2n) is 4.10. The number of amides is 1. The zero-order chi connectivity index (χ0) is 11.5. The molecule has 0 spiro atoms. The van der Waals surface area contributed by atoms with E-state index in [2.05, 4.69) is 10.3 Å².